The van der Waals surface area contributed by atoms with Crippen molar-refractivity contribution in [3.05, 3.63) is 0 Å². The maximum atomic E-state index is 12.1. The Morgan fingerprint density at radius 3 is 2.63 bits per heavy atom. The number of hydrogen-bond donors (Lipinski definition) is 1. The van der Waals surface area contributed by atoms with E-state index in [9.17, 15) is 9.59 Å². The van der Waals surface area contributed by atoms with Crippen LogP contribution in [0.4, 0.5) is 0 Å². The van der Waals surface area contributed by atoms with Crippen molar-refractivity contribution in [2.45, 2.75) is 44.2 Å². The smallest absolute Gasteiger partial charge is 0.251 e. The normalized spacial score (nSPS) is 23.9. The van der Waals surface area contributed by atoms with Crippen molar-refractivity contribution in [1.82, 2.24) is 10.2 Å². The highest BCUT2D eigenvalue weighted by Gasteiger charge is 2.31. The van der Waals surface area contributed by atoms with Crippen LogP contribution in [0, 0.1) is 11.3 Å². The average molecular weight is 265 g/mol. The summed E-state index contributed by atoms with van der Waals surface area (Å²) in [7, 11) is 0. The van der Waals surface area contributed by atoms with Gasteiger partial charge in [-0.2, -0.15) is 5.26 Å². The number of rotatable bonds is 3. The molecule has 1 unspecified atom stereocenters. The van der Waals surface area contributed by atoms with Crippen LogP contribution in [0.2, 0.25) is 0 Å². The molecule has 2 fully saturated rings. The average Bonchev–Trinajstić information content (AvgIpc) is 2.93. The molecule has 1 N–H and O–H groups in total. The molecule has 0 aromatic carbocycles. The highest BCUT2D eigenvalue weighted by molar-refractivity contribution is 5.81. The van der Waals surface area contributed by atoms with Crippen LogP contribution in [-0.2, 0) is 14.3 Å². The minimum Gasteiger partial charge on any atom is -0.368 e. The quantitative estimate of drug-likeness (QED) is 0.789. The number of nitrogens with one attached hydrogen (secondary N) is 1. The van der Waals surface area contributed by atoms with Crippen LogP contribution >= 0.6 is 0 Å². The minimum atomic E-state index is -0.260. The third kappa shape index (κ3) is 3.67. The third-order valence-corrected chi connectivity index (χ3v) is 3.62. The van der Waals surface area contributed by atoms with Crippen LogP contribution in [0.25, 0.3) is 0 Å². The monoisotopic (exact) mass is 265 g/mol. The largest absolute Gasteiger partial charge is 0.368 e. The van der Waals surface area contributed by atoms with Gasteiger partial charge in [-0.3, -0.25) is 9.59 Å². The van der Waals surface area contributed by atoms with Crippen molar-refractivity contribution in [2.24, 2.45) is 0 Å². The van der Waals surface area contributed by atoms with Crippen molar-refractivity contribution >= 4 is 11.8 Å². The van der Waals surface area contributed by atoms with Crippen LogP contribution < -0.4 is 5.32 Å². The van der Waals surface area contributed by atoms with Crippen molar-refractivity contribution in [1.29, 1.82) is 5.26 Å². The Labute approximate surface area is 112 Å². The van der Waals surface area contributed by atoms with E-state index in [2.05, 4.69) is 5.32 Å². The molecular formula is C13H19N3O3. The van der Waals surface area contributed by atoms with Crippen LogP contribution in [0.5, 0.6) is 0 Å². The zero-order chi connectivity index (χ0) is 13.7. The highest BCUT2D eigenvalue weighted by Crippen LogP contribution is 2.18. The zero-order valence-electron chi connectivity index (χ0n) is 10.9. The Kier molecular flexibility index (Phi) is 4.74. The fraction of sp³-hybridized carbons (Fsp3) is 0.769. The summed E-state index contributed by atoms with van der Waals surface area (Å²) in [4.78, 5) is 25.2. The number of amides is 2. The minimum absolute atomic E-state index is 0.0781. The van der Waals surface area contributed by atoms with E-state index in [1.807, 2.05) is 11.0 Å². The van der Waals surface area contributed by atoms with E-state index < -0.39 is 0 Å². The van der Waals surface area contributed by atoms with Gasteiger partial charge in [0.1, 0.15) is 12.5 Å². The first-order valence-electron chi connectivity index (χ1n) is 6.77. The van der Waals surface area contributed by atoms with Gasteiger partial charge in [-0.15, -0.1) is 0 Å². The molecule has 2 rings (SSSR count). The third-order valence-electron chi connectivity index (χ3n) is 3.62. The summed E-state index contributed by atoms with van der Waals surface area (Å²) in [5.74, 6) is -0.147. The molecule has 0 aromatic heterocycles. The van der Waals surface area contributed by atoms with E-state index in [-0.39, 0.29) is 30.4 Å². The van der Waals surface area contributed by atoms with Gasteiger partial charge in [-0.25, -0.2) is 0 Å². The first-order valence-corrected chi connectivity index (χ1v) is 6.77. The summed E-state index contributed by atoms with van der Waals surface area (Å²) in [5, 5.41) is 11.2. The second-order valence-corrected chi connectivity index (χ2v) is 5.00. The molecule has 0 bridgehead atoms. The van der Waals surface area contributed by atoms with Crippen molar-refractivity contribution < 1.29 is 14.3 Å². The summed E-state index contributed by atoms with van der Waals surface area (Å²) in [5.41, 5.74) is 0. The lowest BCUT2D eigenvalue weighted by Gasteiger charge is -2.33. The first-order chi connectivity index (χ1) is 9.20. The molecular weight excluding hydrogens is 246 g/mol. The summed E-state index contributed by atoms with van der Waals surface area (Å²) in [6.07, 6.45) is 2.90. The van der Waals surface area contributed by atoms with Crippen LogP contribution in [0.15, 0.2) is 0 Å². The van der Waals surface area contributed by atoms with E-state index in [1.54, 1.807) is 0 Å². The van der Waals surface area contributed by atoms with Gasteiger partial charge in [0.2, 0.25) is 5.91 Å². The molecule has 0 aliphatic carbocycles. The van der Waals surface area contributed by atoms with Crippen LogP contribution in [0.3, 0.4) is 0 Å². The van der Waals surface area contributed by atoms with Crippen LogP contribution in [-0.4, -0.2) is 48.6 Å². The van der Waals surface area contributed by atoms with Crippen molar-refractivity contribution in [2.75, 3.05) is 19.7 Å². The zero-order valence-corrected chi connectivity index (χ0v) is 10.9. The van der Waals surface area contributed by atoms with Crippen molar-refractivity contribution in [3.8, 4) is 6.07 Å². The molecule has 0 aromatic rings. The lowest BCUT2D eigenvalue weighted by molar-refractivity contribution is -0.142. The predicted octanol–water partition coefficient (Wildman–Crippen LogP) is 0.186. The van der Waals surface area contributed by atoms with E-state index in [0.29, 0.717) is 19.7 Å². The van der Waals surface area contributed by atoms with Crippen molar-refractivity contribution in [3.63, 3.8) is 0 Å². The summed E-state index contributed by atoms with van der Waals surface area (Å²) >= 11 is 0. The lowest BCUT2D eigenvalue weighted by Crippen LogP contribution is -2.49. The van der Waals surface area contributed by atoms with E-state index in [1.165, 1.54) is 0 Å². The van der Waals surface area contributed by atoms with Gasteiger partial charge < -0.3 is 15.0 Å². The highest BCUT2D eigenvalue weighted by atomic mass is 16.5. The molecule has 6 heteroatoms. The van der Waals surface area contributed by atoms with E-state index in [0.717, 1.165) is 25.7 Å². The van der Waals surface area contributed by atoms with Crippen LogP contribution in [0.1, 0.15) is 32.1 Å². The second kappa shape index (κ2) is 6.53. The van der Waals surface area contributed by atoms with Gasteiger partial charge in [0, 0.05) is 25.7 Å². The second-order valence-electron chi connectivity index (χ2n) is 5.00. The Morgan fingerprint density at radius 1 is 1.32 bits per heavy atom. The Morgan fingerprint density at radius 2 is 2.05 bits per heavy atom. The van der Waals surface area contributed by atoms with Gasteiger partial charge in [-0.1, -0.05) is 0 Å². The first kappa shape index (κ1) is 13.8. The fourth-order valence-electron chi connectivity index (χ4n) is 2.57. The number of piperidine rings is 1. The SMILES string of the molecule is N#CCC(=O)NC1CCN(C(=O)C2CCCO2)CC1. The van der Waals surface area contributed by atoms with Gasteiger partial charge in [0.05, 0.1) is 6.07 Å². The molecule has 2 aliphatic rings. The number of carbonyl (C=O) groups is 2. The molecule has 6 nitrogen and oxygen atoms in total. The maximum Gasteiger partial charge on any atom is 0.251 e. The van der Waals surface area contributed by atoms with Gasteiger partial charge in [0.25, 0.3) is 5.91 Å². The Balaban J connectivity index is 1.74. The maximum absolute atomic E-state index is 12.1. The topological polar surface area (TPSA) is 82.4 Å². The summed E-state index contributed by atoms with van der Waals surface area (Å²) in [6.45, 7) is 1.98. The van der Waals surface area contributed by atoms with Gasteiger partial charge in [0.15, 0.2) is 0 Å². The fourth-order valence-corrected chi connectivity index (χ4v) is 2.57. The van der Waals surface area contributed by atoms with E-state index >= 15 is 0 Å². The molecule has 1 atom stereocenters. The van der Waals surface area contributed by atoms with E-state index in [4.69, 9.17) is 10.00 Å². The Bertz CT molecular complexity index is 377. The molecule has 0 radical (unpaired) electrons. The number of likely N-dealkylation sites (tertiary alicyclic amines) is 1. The summed E-state index contributed by atoms with van der Waals surface area (Å²) in [6, 6.07) is 1.91. The molecule has 2 amide bonds. The molecule has 104 valence electrons. The number of carbonyl (C=O) groups excluding carboxylic acids is 2. The molecule has 2 heterocycles. The van der Waals surface area contributed by atoms with Gasteiger partial charge >= 0.3 is 0 Å². The summed E-state index contributed by atoms with van der Waals surface area (Å²) < 4.78 is 5.39. The number of nitriles is 1. The molecule has 2 saturated heterocycles. The predicted molar refractivity (Wildman–Crippen MR) is 66.9 cm³/mol. The number of ether oxygens (including phenoxy) is 1. The molecule has 2 aliphatic heterocycles. The number of hydrogen-bond acceptors (Lipinski definition) is 4. The lowest BCUT2D eigenvalue weighted by atomic mass is 10.0. The standard InChI is InChI=1S/C13H19N3O3/c14-6-3-12(17)15-10-4-7-16(8-5-10)13(18)11-2-1-9-19-11/h10-11H,1-5,7-9H2,(H,15,17). The molecule has 19 heavy (non-hydrogen) atoms. The molecule has 0 saturated carbocycles. The number of nitrogens with zero attached hydrogens (tertiary/aromatic N) is 2. The molecule has 0 spiro atoms. The van der Waals surface area contributed by atoms with Gasteiger partial charge in [-0.05, 0) is 25.7 Å². The Hall–Kier alpha value is -1.61.